The maximum atomic E-state index is 11.1. The molecule has 0 aromatic carbocycles. The molecule has 0 amide bonds. The molecule has 1 heterocycles. The lowest BCUT2D eigenvalue weighted by atomic mass is 9.80. The zero-order chi connectivity index (χ0) is 14.8. The van der Waals surface area contributed by atoms with Gasteiger partial charge in [-0.15, -0.1) is 5.10 Å². The normalized spacial score (nSPS) is 26.3. The van der Waals surface area contributed by atoms with E-state index < -0.39 is 5.97 Å². The number of rotatable bonds is 8. The average molecular weight is 294 g/mol. The van der Waals surface area contributed by atoms with Crippen molar-refractivity contribution in [1.29, 1.82) is 0 Å². The predicted molar refractivity (Wildman–Crippen MR) is 73.7 cm³/mol. The third kappa shape index (κ3) is 3.40. The average Bonchev–Trinajstić information content (AvgIpc) is 3.13. The molecule has 1 unspecified atom stereocenters. The molecule has 1 aromatic heterocycles. The van der Waals surface area contributed by atoms with Crippen molar-refractivity contribution in [3.63, 3.8) is 0 Å². The number of aromatic nitrogens is 4. The molecule has 2 fully saturated rings. The fourth-order valence-electron chi connectivity index (χ4n) is 3.19. The van der Waals surface area contributed by atoms with Crippen molar-refractivity contribution in [1.82, 2.24) is 20.2 Å². The number of hydrogen-bond donors (Lipinski definition) is 1. The fourth-order valence-corrected chi connectivity index (χ4v) is 3.19. The molecule has 0 aliphatic heterocycles. The first-order valence-electron chi connectivity index (χ1n) is 7.77. The van der Waals surface area contributed by atoms with Gasteiger partial charge in [-0.2, -0.15) is 0 Å². The Morgan fingerprint density at radius 3 is 2.86 bits per heavy atom. The summed E-state index contributed by atoms with van der Waals surface area (Å²) in [5.41, 5.74) is 0. The number of carboxylic acids is 1. The maximum Gasteiger partial charge on any atom is 0.305 e. The van der Waals surface area contributed by atoms with E-state index in [2.05, 4.69) is 15.5 Å². The summed E-state index contributed by atoms with van der Waals surface area (Å²) in [4.78, 5) is 11.1. The molecule has 0 spiro atoms. The highest BCUT2D eigenvalue weighted by atomic mass is 16.5. The van der Waals surface area contributed by atoms with Crippen LogP contribution in [0.5, 0.6) is 0 Å². The highest BCUT2D eigenvalue weighted by Gasteiger charge is 2.37. The van der Waals surface area contributed by atoms with Crippen LogP contribution in [0.25, 0.3) is 0 Å². The molecule has 1 N–H and O–H groups in total. The number of tetrazole rings is 1. The third-order valence-corrected chi connectivity index (χ3v) is 4.49. The van der Waals surface area contributed by atoms with Gasteiger partial charge in [-0.3, -0.25) is 4.79 Å². The number of ether oxygens (including phenoxy) is 1. The number of carbonyl (C=O) groups is 1. The standard InChI is InChI=1S/C14H22N4O3/c1-2-21-11-5-9(6-11)7-13-15-16-17-18(13)12(8-14(19)20)10-3-4-10/h9-12H,2-8H2,1H3,(H,19,20). The van der Waals surface area contributed by atoms with Crippen molar-refractivity contribution in [3.8, 4) is 0 Å². The molecule has 7 heteroatoms. The van der Waals surface area contributed by atoms with Crippen LogP contribution < -0.4 is 0 Å². The van der Waals surface area contributed by atoms with E-state index >= 15 is 0 Å². The van der Waals surface area contributed by atoms with Crippen LogP contribution in [0.2, 0.25) is 0 Å². The van der Waals surface area contributed by atoms with Crippen molar-refractivity contribution in [2.45, 2.75) is 57.6 Å². The molecule has 21 heavy (non-hydrogen) atoms. The lowest BCUT2D eigenvalue weighted by Gasteiger charge is -2.34. The van der Waals surface area contributed by atoms with E-state index in [-0.39, 0.29) is 12.5 Å². The molecule has 1 aromatic rings. The molecule has 2 aliphatic rings. The van der Waals surface area contributed by atoms with Gasteiger partial charge in [-0.1, -0.05) is 0 Å². The SMILES string of the molecule is CCOC1CC(Cc2nnnn2C(CC(=O)O)C2CC2)C1. The summed E-state index contributed by atoms with van der Waals surface area (Å²) in [6, 6.07) is -0.0877. The topological polar surface area (TPSA) is 90.1 Å². The van der Waals surface area contributed by atoms with Crippen LogP contribution >= 0.6 is 0 Å². The first kappa shape index (κ1) is 14.4. The van der Waals surface area contributed by atoms with Crippen molar-refractivity contribution in [3.05, 3.63) is 5.82 Å². The monoisotopic (exact) mass is 294 g/mol. The first-order valence-corrected chi connectivity index (χ1v) is 7.77. The highest BCUT2D eigenvalue weighted by Crippen LogP contribution is 2.42. The van der Waals surface area contributed by atoms with Gasteiger partial charge in [0.05, 0.1) is 18.6 Å². The van der Waals surface area contributed by atoms with Crippen molar-refractivity contribution < 1.29 is 14.6 Å². The van der Waals surface area contributed by atoms with E-state index in [0.717, 1.165) is 44.5 Å². The van der Waals surface area contributed by atoms with Crippen LogP contribution in [0.4, 0.5) is 0 Å². The van der Waals surface area contributed by atoms with Crippen molar-refractivity contribution in [2.24, 2.45) is 11.8 Å². The third-order valence-electron chi connectivity index (χ3n) is 4.49. The molecular weight excluding hydrogens is 272 g/mol. The van der Waals surface area contributed by atoms with Gasteiger partial charge in [0.25, 0.3) is 0 Å². The van der Waals surface area contributed by atoms with Gasteiger partial charge in [0.15, 0.2) is 5.82 Å². The Kier molecular flexibility index (Phi) is 4.19. The molecule has 3 rings (SSSR count). The largest absolute Gasteiger partial charge is 0.481 e. The van der Waals surface area contributed by atoms with Gasteiger partial charge in [-0.05, 0) is 54.9 Å². The molecule has 1 atom stereocenters. The Labute approximate surface area is 123 Å². The smallest absolute Gasteiger partial charge is 0.305 e. The number of hydrogen-bond acceptors (Lipinski definition) is 5. The molecule has 116 valence electrons. The minimum absolute atomic E-state index is 0.0877. The van der Waals surface area contributed by atoms with Crippen LogP contribution in [0.1, 0.15) is 50.9 Å². The van der Waals surface area contributed by atoms with E-state index in [9.17, 15) is 4.79 Å². The molecule has 0 bridgehead atoms. The summed E-state index contributed by atoms with van der Waals surface area (Å²) < 4.78 is 7.33. The molecule has 7 nitrogen and oxygen atoms in total. The summed E-state index contributed by atoms with van der Waals surface area (Å²) >= 11 is 0. The number of carboxylic acid groups (broad SMARTS) is 1. The minimum atomic E-state index is -0.784. The van der Waals surface area contributed by atoms with Gasteiger partial charge in [0.2, 0.25) is 0 Å². The van der Waals surface area contributed by atoms with Gasteiger partial charge >= 0.3 is 5.97 Å². The molecule has 2 aliphatic carbocycles. The molecular formula is C14H22N4O3. The van der Waals surface area contributed by atoms with Crippen LogP contribution in [0, 0.1) is 11.8 Å². The summed E-state index contributed by atoms with van der Waals surface area (Å²) in [6.07, 6.45) is 5.55. The number of nitrogens with zero attached hydrogens (tertiary/aromatic N) is 4. The van der Waals surface area contributed by atoms with Gasteiger partial charge in [0, 0.05) is 13.0 Å². The number of aliphatic carboxylic acids is 1. The van der Waals surface area contributed by atoms with Crippen LogP contribution in [0.3, 0.4) is 0 Å². The Balaban J connectivity index is 1.62. The van der Waals surface area contributed by atoms with E-state index in [1.54, 1.807) is 4.68 Å². The second-order valence-electron chi connectivity index (χ2n) is 6.16. The van der Waals surface area contributed by atoms with Crippen LogP contribution in [-0.2, 0) is 16.0 Å². The Morgan fingerprint density at radius 2 is 2.24 bits per heavy atom. The van der Waals surface area contributed by atoms with Crippen molar-refractivity contribution in [2.75, 3.05) is 6.61 Å². The minimum Gasteiger partial charge on any atom is -0.481 e. The zero-order valence-electron chi connectivity index (χ0n) is 12.3. The van der Waals surface area contributed by atoms with E-state index in [0.29, 0.717) is 17.9 Å². The van der Waals surface area contributed by atoms with Crippen molar-refractivity contribution >= 4 is 5.97 Å². The lowest BCUT2D eigenvalue weighted by Crippen LogP contribution is -2.33. The fraction of sp³-hybridized carbons (Fsp3) is 0.857. The summed E-state index contributed by atoms with van der Waals surface area (Å²) in [7, 11) is 0. The lowest BCUT2D eigenvalue weighted by molar-refractivity contribution is -0.138. The summed E-state index contributed by atoms with van der Waals surface area (Å²) in [6.45, 7) is 2.78. The molecule has 0 saturated heterocycles. The second-order valence-corrected chi connectivity index (χ2v) is 6.16. The molecule has 0 radical (unpaired) electrons. The van der Waals surface area contributed by atoms with E-state index in [1.807, 2.05) is 6.92 Å². The molecule has 2 saturated carbocycles. The maximum absolute atomic E-state index is 11.1. The quantitative estimate of drug-likeness (QED) is 0.780. The van der Waals surface area contributed by atoms with Crippen LogP contribution in [0.15, 0.2) is 0 Å². The van der Waals surface area contributed by atoms with Crippen LogP contribution in [-0.4, -0.2) is 44.0 Å². The Morgan fingerprint density at radius 1 is 1.48 bits per heavy atom. The van der Waals surface area contributed by atoms with E-state index in [4.69, 9.17) is 9.84 Å². The predicted octanol–water partition coefficient (Wildman–Crippen LogP) is 1.46. The Hall–Kier alpha value is -1.50. The Bertz CT molecular complexity index is 494. The zero-order valence-corrected chi connectivity index (χ0v) is 12.3. The summed E-state index contributed by atoms with van der Waals surface area (Å²) in [5, 5.41) is 21.0. The second kappa shape index (κ2) is 6.09. The van der Waals surface area contributed by atoms with Gasteiger partial charge in [-0.25, -0.2) is 4.68 Å². The van der Waals surface area contributed by atoms with E-state index in [1.165, 1.54) is 0 Å². The highest BCUT2D eigenvalue weighted by molar-refractivity contribution is 5.67. The first-order chi connectivity index (χ1) is 10.2. The van der Waals surface area contributed by atoms with Gasteiger partial charge in [0.1, 0.15) is 0 Å². The summed E-state index contributed by atoms with van der Waals surface area (Å²) in [5.74, 6) is 1.01. The van der Waals surface area contributed by atoms with Gasteiger partial charge < -0.3 is 9.84 Å².